The number of hydrogen-bond acceptors (Lipinski definition) is 6. The third-order valence-corrected chi connectivity index (χ3v) is 4.70. The van der Waals surface area contributed by atoms with Crippen LogP contribution in [0.2, 0.25) is 0 Å². The van der Waals surface area contributed by atoms with E-state index in [1.54, 1.807) is 15.6 Å². The number of halogens is 1. The van der Waals surface area contributed by atoms with Crippen LogP contribution in [0.1, 0.15) is 5.56 Å². The van der Waals surface area contributed by atoms with Gasteiger partial charge in [0.15, 0.2) is 5.65 Å². The molecular formula is C18H13BrN8. The van der Waals surface area contributed by atoms with E-state index in [1.165, 1.54) is 0 Å². The van der Waals surface area contributed by atoms with Crippen molar-refractivity contribution in [2.75, 3.05) is 0 Å². The molecule has 9 heteroatoms. The molecular weight excluding hydrogens is 408 g/mol. The SMILES string of the molecule is Cn1cc(-c2cnc3ccc(Cn4nnc5ncc(Br)nc54)cc3c2)cn1. The molecule has 0 bridgehead atoms. The molecule has 0 N–H and O–H groups in total. The first-order chi connectivity index (χ1) is 13.2. The van der Waals surface area contributed by atoms with Crippen molar-refractivity contribution in [3.05, 3.63) is 59.2 Å². The highest BCUT2D eigenvalue weighted by Gasteiger charge is 2.09. The smallest absolute Gasteiger partial charge is 0.221 e. The second-order valence-corrected chi connectivity index (χ2v) is 7.05. The minimum Gasteiger partial charge on any atom is -0.275 e. The summed E-state index contributed by atoms with van der Waals surface area (Å²) in [5.41, 5.74) is 5.28. The number of hydrogen-bond donors (Lipinski definition) is 0. The van der Waals surface area contributed by atoms with Gasteiger partial charge in [-0.15, -0.1) is 5.10 Å². The third kappa shape index (κ3) is 2.95. The van der Waals surface area contributed by atoms with E-state index in [0.29, 0.717) is 22.4 Å². The van der Waals surface area contributed by atoms with Crippen molar-refractivity contribution >= 4 is 38.1 Å². The lowest BCUT2D eigenvalue weighted by Crippen LogP contribution is -2.03. The number of aryl methyl sites for hydroxylation is 1. The summed E-state index contributed by atoms with van der Waals surface area (Å²) < 4.78 is 4.18. The van der Waals surface area contributed by atoms with Crippen LogP contribution in [-0.4, -0.2) is 39.7 Å². The number of pyridine rings is 1. The molecule has 0 aliphatic carbocycles. The zero-order chi connectivity index (χ0) is 18.4. The fourth-order valence-electron chi connectivity index (χ4n) is 3.02. The lowest BCUT2D eigenvalue weighted by atomic mass is 10.1. The zero-order valence-corrected chi connectivity index (χ0v) is 15.9. The van der Waals surface area contributed by atoms with E-state index in [2.05, 4.69) is 58.4 Å². The molecule has 0 saturated carbocycles. The number of nitrogens with zero attached hydrogens (tertiary/aromatic N) is 8. The summed E-state index contributed by atoms with van der Waals surface area (Å²) >= 11 is 3.34. The van der Waals surface area contributed by atoms with Crippen molar-refractivity contribution < 1.29 is 0 Å². The van der Waals surface area contributed by atoms with Crippen molar-refractivity contribution in [3.63, 3.8) is 0 Å². The van der Waals surface area contributed by atoms with Gasteiger partial charge in [-0.1, -0.05) is 11.3 Å². The maximum atomic E-state index is 4.57. The van der Waals surface area contributed by atoms with Gasteiger partial charge in [-0.25, -0.2) is 14.6 Å². The van der Waals surface area contributed by atoms with E-state index in [9.17, 15) is 0 Å². The van der Waals surface area contributed by atoms with Gasteiger partial charge in [0.1, 0.15) is 4.60 Å². The molecule has 0 radical (unpaired) electrons. The molecule has 0 aliphatic heterocycles. The van der Waals surface area contributed by atoms with E-state index in [-0.39, 0.29) is 0 Å². The Kier molecular flexibility index (Phi) is 3.68. The van der Waals surface area contributed by atoms with Crippen LogP contribution in [0.25, 0.3) is 33.3 Å². The highest BCUT2D eigenvalue weighted by Crippen LogP contribution is 2.23. The molecule has 5 rings (SSSR count). The highest BCUT2D eigenvalue weighted by atomic mass is 79.9. The van der Waals surface area contributed by atoms with Gasteiger partial charge >= 0.3 is 0 Å². The number of fused-ring (bicyclic) bond motifs is 2. The van der Waals surface area contributed by atoms with Crippen LogP contribution in [0, 0.1) is 0 Å². The molecule has 0 unspecified atom stereocenters. The molecule has 5 aromatic rings. The largest absolute Gasteiger partial charge is 0.275 e. The molecule has 8 nitrogen and oxygen atoms in total. The monoisotopic (exact) mass is 420 g/mol. The quantitative estimate of drug-likeness (QED) is 0.445. The van der Waals surface area contributed by atoms with Crippen LogP contribution >= 0.6 is 15.9 Å². The molecule has 0 saturated heterocycles. The summed E-state index contributed by atoms with van der Waals surface area (Å²) in [5, 5.41) is 13.5. The summed E-state index contributed by atoms with van der Waals surface area (Å²) in [7, 11) is 1.90. The van der Waals surface area contributed by atoms with E-state index >= 15 is 0 Å². The fourth-order valence-corrected chi connectivity index (χ4v) is 3.29. The summed E-state index contributed by atoms with van der Waals surface area (Å²) in [6, 6.07) is 8.29. The first kappa shape index (κ1) is 16.0. The standard InChI is InChI=1S/C18H13BrN8/c1-26-10-14(7-22-26)13-5-12-4-11(2-3-15(12)20-6-13)9-27-18-17(24-25-27)21-8-16(19)23-18/h2-8,10H,9H2,1H3. The Morgan fingerprint density at radius 3 is 2.81 bits per heavy atom. The van der Waals surface area contributed by atoms with Crippen LogP contribution < -0.4 is 0 Å². The van der Waals surface area contributed by atoms with Crippen LogP contribution in [0.5, 0.6) is 0 Å². The lowest BCUT2D eigenvalue weighted by Gasteiger charge is -2.06. The van der Waals surface area contributed by atoms with Gasteiger partial charge in [0.2, 0.25) is 5.65 Å². The van der Waals surface area contributed by atoms with Gasteiger partial charge in [0, 0.05) is 36.0 Å². The molecule has 0 fully saturated rings. The average Bonchev–Trinajstić information content (AvgIpc) is 3.27. The average molecular weight is 421 g/mol. The van der Waals surface area contributed by atoms with Gasteiger partial charge in [-0.2, -0.15) is 5.10 Å². The summed E-state index contributed by atoms with van der Waals surface area (Å²) in [6.45, 7) is 0.550. The summed E-state index contributed by atoms with van der Waals surface area (Å²) in [4.78, 5) is 13.2. The minimum absolute atomic E-state index is 0.527. The first-order valence-corrected chi connectivity index (χ1v) is 9.04. The molecule has 0 aliphatic rings. The topological polar surface area (TPSA) is 87.2 Å². The van der Waals surface area contributed by atoms with Crippen molar-refractivity contribution in [2.45, 2.75) is 6.54 Å². The zero-order valence-electron chi connectivity index (χ0n) is 14.3. The first-order valence-electron chi connectivity index (χ1n) is 8.25. The summed E-state index contributed by atoms with van der Waals surface area (Å²) in [6.07, 6.45) is 7.30. The van der Waals surface area contributed by atoms with Crippen molar-refractivity contribution in [2.24, 2.45) is 7.05 Å². The van der Waals surface area contributed by atoms with Crippen molar-refractivity contribution in [1.29, 1.82) is 0 Å². The molecule has 0 spiro atoms. The predicted octanol–water partition coefficient (Wildman–Crippen LogP) is 2.98. The molecule has 1 aromatic carbocycles. The predicted molar refractivity (Wildman–Crippen MR) is 104 cm³/mol. The van der Waals surface area contributed by atoms with Crippen LogP contribution in [0.3, 0.4) is 0 Å². The maximum Gasteiger partial charge on any atom is 0.221 e. The summed E-state index contributed by atoms with van der Waals surface area (Å²) in [5.74, 6) is 0. The number of benzene rings is 1. The Hall–Kier alpha value is -3.20. The number of rotatable bonds is 3. The minimum atomic E-state index is 0.527. The lowest BCUT2D eigenvalue weighted by molar-refractivity contribution is 0.664. The van der Waals surface area contributed by atoms with Gasteiger partial charge in [0.25, 0.3) is 0 Å². The normalized spacial score (nSPS) is 11.5. The van der Waals surface area contributed by atoms with Crippen molar-refractivity contribution in [3.8, 4) is 11.1 Å². The van der Waals surface area contributed by atoms with Gasteiger partial charge in [-0.3, -0.25) is 9.67 Å². The molecule has 4 aromatic heterocycles. The highest BCUT2D eigenvalue weighted by molar-refractivity contribution is 9.10. The van der Waals surface area contributed by atoms with E-state index in [0.717, 1.165) is 27.6 Å². The Bertz CT molecular complexity index is 1290. The second kappa shape index (κ2) is 6.20. The number of aromatic nitrogens is 8. The molecule has 0 amide bonds. The van der Waals surface area contributed by atoms with E-state index in [1.807, 2.05) is 37.8 Å². The van der Waals surface area contributed by atoms with Gasteiger partial charge in [0.05, 0.1) is 24.5 Å². The molecule has 27 heavy (non-hydrogen) atoms. The maximum absolute atomic E-state index is 4.57. The molecule has 0 atom stereocenters. The van der Waals surface area contributed by atoms with Gasteiger partial charge < -0.3 is 0 Å². The van der Waals surface area contributed by atoms with Crippen LogP contribution in [0.15, 0.2) is 53.7 Å². The van der Waals surface area contributed by atoms with E-state index < -0.39 is 0 Å². The van der Waals surface area contributed by atoms with Gasteiger partial charge in [-0.05, 0) is 39.7 Å². The Morgan fingerprint density at radius 2 is 1.96 bits per heavy atom. The van der Waals surface area contributed by atoms with Crippen LogP contribution in [-0.2, 0) is 13.6 Å². The second-order valence-electron chi connectivity index (χ2n) is 6.24. The Morgan fingerprint density at radius 1 is 1.04 bits per heavy atom. The van der Waals surface area contributed by atoms with Crippen molar-refractivity contribution in [1.82, 2.24) is 39.7 Å². The Labute approximate surface area is 162 Å². The van der Waals surface area contributed by atoms with E-state index in [4.69, 9.17) is 0 Å². The van der Waals surface area contributed by atoms with Crippen LogP contribution in [0.4, 0.5) is 0 Å². The molecule has 132 valence electrons. The molecule has 4 heterocycles. The Balaban J connectivity index is 1.54. The third-order valence-electron chi connectivity index (χ3n) is 4.31. The fraction of sp³-hybridized carbons (Fsp3) is 0.111.